The summed E-state index contributed by atoms with van der Waals surface area (Å²) in [7, 11) is 2.04. The number of hydrogen-bond acceptors (Lipinski definition) is 7. The first-order valence-electron chi connectivity index (χ1n) is 9.95. The Bertz CT molecular complexity index is 975. The van der Waals surface area contributed by atoms with E-state index in [1.165, 1.54) is 11.8 Å². The minimum Gasteiger partial charge on any atom is -0.375 e. The Morgan fingerprint density at radius 2 is 2.00 bits per heavy atom. The van der Waals surface area contributed by atoms with Crippen LogP contribution in [0.3, 0.4) is 0 Å². The van der Waals surface area contributed by atoms with Gasteiger partial charge in [-0.15, -0.1) is 21.5 Å². The largest absolute Gasteiger partial charge is 0.375 e. The van der Waals surface area contributed by atoms with Gasteiger partial charge in [0.25, 0.3) is 0 Å². The highest BCUT2D eigenvalue weighted by Crippen LogP contribution is 2.27. The number of hydrogen-bond donors (Lipinski definition) is 2. The molecule has 164 valence electrons. The number of amides is 2. The molecule has 1 aromatic carbocycles. The van der Waals surface area contributed by atoms with Gasteiger partial charge in [0.15, 0.2) is 11.0 Å². The predicted octanol–water partition coefficient (Wildman–Crippen LogP) is 2.62. The lowest BCUT2D eigenvalue weighted by Gasteiger charge is -2.19. The van der Waals surface area contributed by atoms with Crippen LogP contribution in [0.1, 0.15) is 12.8 Å². The number of rotatable bonds is 12. The summed E-state index contributed by atoms with van der Waals surface area (Å²) in [6, 6.07) is 14.0. The summed E-state index contributed by atoms with van der Waals surface area (Å²) in [6.45, 7) is 1.83. The van der Waals surface area contributed by atoms with Crippen molar-refractivity contribution >= 4 is 40.6 Å². The molecule has 10 heteroatoms. The summed E-state index contributed by atoms with van der Waals surface area (Å²) in [5.74, 6) is 0.464. The fraction of sp³-hybridized carbons (Fsp3) is 0.333. The summed E-state index contributed by atoms with van der Waals surface area (Å²) >= 11 is 2.85. The van der Waals surface area contributed by atoms with Gasteiger partial charge in [-0.05, 0) is 30.0 Å². The van der Waals surface area contributed by atoms with Crippen molar-refractivity contribution in [3.8, 4) is 10.7 Å². The van der Waals surface area contributed by atoms with Gasteiger partial charge in [0.1, 0.15) is 0 Å². The van der Waals surface area contributed by atoms with Crippen molar-refractivity contribution in [2.75, 3.05) is 30.8 Å². The first-order chi connectivity index (χ1) is 15.0. The van der Waals surface area contributed by atoms with Crippen LogP contribution in [0.25, 0.3) is 10.7 Å². The lowest BCUT2D eigenvalue weighted by Crippen LogP contribution is -2.29. The molecular formula is C21H26N6O2S2. The number of thioether (sulfide) groups is 1. The van der Waals surface area contributed by atoms with E-state index >= 15 is 0 Å². The Kier molecular flexibility index (Phi) is 8.48. The lowest BCUT2D eigenvalue weighted by molar-refractivity contribution is -0.119. The smallest absolute Gasteiger partial charge is 0.230 e. The minimum absolute atomic E-state index is 0.0607. The maximum Gasteiger partial charge on any atom is 0.230 e. The van der Waals surface area contributed by atoms with Gasteiger partial charge in [0.2, 0.25) is 11.8 Å². The zero-order chi connectivity index (χ0) is 22.1. The molecule has 8 nitrogen and oxygen atoms in total. The standard InChI is InChI=1S/C21H26N6O2S2/c1-26(16-7-3-2-4-8-16)12-6-11-23-19(29)15-31-21-25-24-20(17-9-5-14-30-17)27(21)13-10-18(22)28/h2-5,7-9,14H,6,10-13,15H2,1H3,(H2,22,28)(H,23,29). The van der Waals surface area contributed by atoms with E-state index in [1.54, 1.807) is 11.3 Å². The fourth-order valence-electron chi connectivity index (χ4n) is 2.94. The van der Waals surface area contributed by atoms with Crippen molar-refractivity contribution in [2.45, 2.75) is 24.5 Å². The average molecular weight is 459 g/mol. The number of anilines is 1. The average Bonchev–Trinajstić information content (AvgIpc) is 3.43. The highest BCUT2D eigenvalue weighted by atomic mass is 32.2. The number of nitrogens with one attached hydrogen (secondary N) is 1. The maximum absolute atomic E-state index is 12.3. The lowest BCUT2D eigenvalue weighted by atomic mass is 10.3. The molecule has 0 atom stereocenters. The molecule has 0 bridgehead atoms. The van der Waals surface area contributed by atoms with Crippen molar-refractivity contribution < 1.29 is 9.59 Å². The number of thiophene rings is 1. The first-order valence-corrected chi connectivity index (χ1v) is 11.8. The minimum atomic E-state index is -0.389. The Morgan fingerprint density at radius 3 is 2.71 bits per heavy atom. The van der Waals surface area contributed by atoms with Crippen LogP contribution in [0.15, 0.2) is 53.0 Å². The molecule has 2 amide bonds. The van der Waals surface area contributed by atoms with E-state index in [2.05, 4.69) is 32.5 Å². The second-order valence-electron chi connectivity index (χ2n) is 6.90. The molecule has 2 heterocycles. The van der Waals surface area contributed by atoms with E-state index in [0.29, 0.717) is 24.1 Å². The number of benzene rings is 1. The molecule has 0 fully saturated rings. The molecule has 0 radical (unpaired) electrons. The summed E-state index contributed by atoms with van der Waals surface area (Å²) < 4.78 is 1.85. The van der Waals surface area contributed by atoms with Crippen LogP contribution in [0.2, 0.25) is 0 Å². The molecule has 0 aliphatic carbocycles. The predicted molar refractivity (Wildman–Crippen MR) is 125 cm³/mol. The zero-order valence-corrected chi connectivity index (χ0v) is 19.0. The van der Waals surface area contributed by atoms with Gasteiger partial charge in [0.05, 0.1) is 10.6 Å². The number of nitrogens with zero attached hydrogens (tertiary/aromatic N) is 4. The molecule has 0 aliphatic rings. The molecule has 0 saturated carbocycles. The van der Waals surface area contributed by atoms with Crippen molar-refractivity contribution in [1.82, 2.24) is 20.1 Å². The molecule has 2 aromatic heterocycles. The molecule has 0 saturated heterocycles. The number of aromatic nitrogens is 3. The third kappa shape index (κ3) is 6.83. The maximum atomic E-state index is 12.3. The van der Waals surface area contributed by atoms with Crippen molar-refractivity contribution in [2.24, 2.45) is 5.73 Å². The molecule has 3 rings (SSSR count). The molecule has 0 aliphatic heterocycles. The third-order valence-corrected chi connectivity index (χ3v) is 6.39. The van der Waals surface area contributed by atoms with E-state index in [1.807, 2.05) is 47.3 Å². The van der Waals surface area contributed by atoms with E-state index < -0.39 is 0 Å². The summed E-state index contributed by atoms with van der Waals surface area (Å²) in [6.07, 6.45) is 1.03. The Labute approximate surface area is 189 Å². The van der Waals surface area contributed by atoms with Crippen LogP contribution >= 0.6 is 23.1 Å². The first kappa shape index (κ1) is 22.8. The molecule has 0 spiro atoms. The van der Waals surface area contributed by atoms with Crippen molar-refractivity contribution in [3.05, 3.63) is 47.8 Å². The van der Waals surface area contributed by atoms with Crippen LogP contribution in [-0.4, -0.2) is 52.5 Å². The second-order valence-corrected chi connectivity index (χ2v) is 8.79. The summed E-state index contributed by atoms with van der Waals surface area (Å²) in [5, 5.41) is 14.0. The quantitative estimate of drug-likeness (QED) is 0.319. The summed E-state index contributed by atoms with van der Waals surface area (Å²) in [4.78, 5) is 26.6. The molecular weight excluding hydrogens is 432 g/mol. The third-order valence-electron chi connectivity index (χ3n) is 4.56. The molecule has 3 aromatic rings. The van der Waals surface area contributed by atoms with Crippen LogP contribution < -0.4 is 16.0 Å². The highest BCUT2D eigenvalue weighted by Gasteiger charge is 2.16. The van der Waals surface area contributed by atoms with Crippen molar-refractivity contribution in [3.63, 3.8) is 0 Å². The molecule has 31 heavy (non-hydrogen) atoms. The highest BCUT2D eigenvalue weighted by molar-refractivity contribution is 7.99. The van der Waals surface area contributed by atoms with Crippen LogP contribution in [0, 0.1) is 0 Å². The number of carbonyl (C=O) groups is 2. The van der Waals surface area contributed by atoms with Crippen LogP contribution in [0.4, 0.5) is 5.69 Å². The SMILES string of the molecule is CN(CCCNC(=O)CSc1nnc(-c2cccs2)n1CCC(N)=O)c1ccccc1. The molecule has 3 N–H and O–H groups in total. The molecule has 0 unspecified atom stereocenters. The van der Waals surface area contributed by atoms with Crippen LogP contribution in [-0.2, 0) is 16.1 Å². The number of para-hydroxylation sites is 1. The monoisotopic (exact) mass is 458 g/mol. The van der Waals surface area contributed by atoms with Crippen LogP contribution in [0.5, 0.6) is 0 Å². The Hall–Kier alpha value is -2.85. The number of carbonyl (C=O) groups excluding carboxylic acids is 2. The van der Waals surface area contributed by atoms with Gasteiger partial charge in [-0.3, -0.25) is 9.59 Å². The summed E-state index contributed by atoms with van der Waals surface area (Å²) in [5.41, 5.74) is 6.47. The Balaban J connectivity index is 1.47. The van der Waals surface area contributed by atoms with Gasteiger partial charge >= 0.3 is 0 Å². The topological polar surface area (TPSA) is 106 Å². The van der Waals surface area contributed by atoms with E-state index in [0.717, 1.165) is 23.5 Å². The van der Waals surface area contributed by atoms with Gasteiger partial charge in [-0.2, -0.15) is 0 Å². The Morgan fingerprint density at radius 1 is 1.19 bits per heavy atom. The van der Waals surface area contributed by atoms with E-state index in [9.17, 15) is 9.59 Å². The van der Waals surface area contributed by atoms with E-state index in [-0.39, 0.29) is 24.0 Å². The number of nitrogens with two attached hydrogens (primary N) is 1. The van der Waals surface area contributed by atoms with Gasteiger partial charge in [-0.25, -0.2) is 0 Å². The normalized spacial score (nSPS) is 10.7. The fourth-order valence-corrected chi connectivity index (χ4v) is 4.46. The zero-order valence-electron chi connectivity index (χ0n) is 17.4. The van der Waals surface area contributed by atoms with Crippen molar-refractivity contribution in [1.29, 1.82) is 0 Å². The number of primary amides is 1. The van der Waals surface area contributed by atoms with Gasteiger partial charge < -0.3 is 20.5 Å². The van der Waals surface area contributed by atoms with E-state index in [4.69, 9.17) is 5.73 Å². The van der Waals surface area contributed by atoms with Gasteiger partial charge in [-0.1, -0.05) is 36.0 Å². The van der Waals surface area contributed by atoms with Gasteiger partial charge in [0, 0.05) is 38.8 Å². The second kappa shape index (κ2) is 11.5.